The fraction of sp³-hybridized carbons (Fsp3) is 0.950. The van der Waals surface area contributed by atoms with Crippen LogP contribution in [0.1, 0.15) is 69.2 Å². The van der Waals surface area contributed by atoms with E-state index in [1.165, 1.54) is 23.5 Å². The van der Waals surface area contributed by atoms with Gasteiger partial charge in [0.05, 0.1) is 13.2 Å². The predicted octanol–water partition coefficient (Wildman–Crippen LogP) is 5.77. The SMILES string of the molecule is CC(C)N(C(C)C)P(OCCSC(=O)C(C)(C)C)OCCSC(O)C(C)(C)C. The Morgan fingerprint density at radius 3 is 1.82 bits per heavy atom. The Balaban J connectivity index is 4.65. The average Bonchev–Trinajstić information content (AvgIpc) is 2.51. The summed E-state index contributed by atoms with van der Waals surface area (Å²) in [5, 5.41) is 10.3. The average molecular weight is 456 g/mol. The smallest absolute Gasteiger partial charge is 0.259 e. The molecule has 1 N–H and O–H groups in total. The third-order valence-corrected chi connectivity index (χ3v) is 8.46. The molecule has 0 aliphatic heterocycles. The van der Waals surface area contributed by atoms with Crippen molar-refractivity contribution >= 4 is 37.2 Å². The molecule has 0 spiro atoms. The number of carbonyl (C=O) groups is 1. The lowest BCUT2D eigenvalue weighted by Crippen LogP contribution is -2.34. The van der Waals surface area contributed by atoms with Gasteiger partial charge in [-0.3, -0.25) is 4.79 Å². The van der Waals surface area contributed by atoms with E-state index in [2.05, 4.69) is 32.4 Å². The van der Waals surface area contributed by atoms with Gasteiger partial charge in [-0.15, -0.1) is 11.8 Å². The highest BCUT2D eigenvalue weighted by molar-refractivity contribution is 8.13. The van der Waals surface area contributed by atoms with E-state index < -0.39 is 14.0 Å². The Hall–Kier alpha value is 0.640. The molecule has 0 saturated heterocycles. The van der Waals surface area contributed by atoms with Gasteiger partial charge in [0.1, 0.15) is 5.44 Å². The second-order valence-electron chi connectivity index (χ2n) is 9.45. The van der Waals surface area contributed by atoms with Crippen molar-refractivity contribution < 1.29 is 18.9 Å². The van der Waals surface area contributed by atoms with E-state index in [1.807, 2.05) is 41.5 Å². The summed E-state index contributed by atoms with van der Waals surface area (Å²) in [6.07, 6.45) is 0. The van der Waals surface area contributed by atoms with Gasteiger partial charge in [0, 0.05) is 29.0 Å². The minimum atomic E-state index is -1.21. The van der Waals surface area contributed by atoms with E-state index in [9.17, 15) is 9.90 Å². The summed E-state index contributed by atoms with van der Waals surface area (Å²) in [6.45, 7) is 21.4. The summed E-state index contributed by atoms with van der Waals surface area (Å²) >= 11 is 2.83. The number of carbonyl (C=O) groups excluding carboxylic acids is 1. The third-order valence-electron chi connectivity index (χ3n) is 3.68. The zero-order chi connectivity index (χ0) is 22.1. The van der Waals surface area contributed by atoms with Crippen molar-refractivity contribution in [3.8, 4) is 0 Å². The number of aliphatic hydroxyl groups excluding tert-OH is 1. The van der Waals surface area contributed by atoms with E-state index in [0.717, 1.165) is 0 Å². The van der Waals surface area contributed by atoms with Crippen molar-refractivity contribution in [2.75, 3.05) is 24.7 Å². The second-order valence-corrected chi connectivity index (χ2v) is 13.2. The van der Waals surface area contributed by atoms with Crippen LogP contribution in [0.15, 0.2) is 0 Å². The second kappa shape index (κ2) is 13.1. The van der Waals surface area contributed by atoms with Gasteiger partial charge in [0.2, 0.25) is 0 Å². The van der Waals surface area contributed by atoms with Crippen LogP contribution in [0.3, 0.4) is 0 Å². The van der Waals surface area contributed by atoms with E-state index >= 15 is 0 Å². The number of nitrogens with zero attached hydrogens (tertiary/aromatic N) is 1. The molecule has 0 aliphatic rings. The quantitative estimate of drug-likeness (QED) is 0.228. The number of hydrogen-bond donors (Lipinski definition) is 1. The molecule has 0 saturated carbocycles. The number of aliphatic hydroxyl groups is 1. The molecule has 0 amide bonds. The third kappa shape index (κ3) is 11.7. The van der Waals surface area contributed by atoms with Gasteiger partial charge < -0.3 is 14.2 Å². The largest absolute Gasteiger partial charge is 0.382 e. The van der Waals surface area contributed by atoms with E-state index in [1.54, 1.807) is 0 Å². The molecule has 2 unspecified atom stereocenters. The van der Waals surface area contributed by atoms with Crippen LogP contribution in [0.5, 0.6) is 0 Å². The highest BCUT2D eigenvalue weighted by Crippen LogP contribution is 2.46. The Morgan fingerprint density at radius 1 is 0.964 bits per heavy atom. The van der Waals surface area contributed by atoms with E-state index in [0.29, 0.717) is 36.8 Å². The van der Waals surface area contributed by atoms with E-state index in [4.69, 9.17) is 9.05 Å². The summed E-state index contributed by atoms with van der Waals surface area (Å²) in [6, 6.07) is 0.588. The van der Waals surface area contributed by atoms with Crippen LogP contribution >= 0.6 is 32.0 Å². The topological polar surface area (TPSA) is 59.0 Å². The van der Waals surface area contributed by atoms with Gasteiger partial charge in [0.25, 0.3) is 8.53 Å². The first-order chi connectivity index (χ1) is 12.7. The molecular formula is C20H42NO4PS2. The maximum Gasteiger partial charge on any atom is 0.259 e. The molecule has 0 heterocycles. The van der Waals surface area contributed by atoms with Gasteiger partial charge in [-0.1, -0.05) is 53.3 Å². The molecule has 0 aromatic heterocycles. The number of rotatable bonds is 12. The molecule has 0 rings (SSSR count). The molecule has 0 aromatic carbocycles. The van der Waals surface area contributed by atoms with Crippen molar-refractivity contribution in [2.45, 2.75) is 86.8 Å². The zero-order valence-electron chi connectivity index (χ0n) is 19.4. The molecule has 28 heavy (non-hydrogen) atoms. The lowest BCUT2D eigenvalue weighted by Gasteiger charge is -2.35. The first-order valence-electron chi connectivity index (χ1n) is 9.99. The van der Waals surface area contributed by atoms with Crippen LogP contribution in [0.4, 0.5) is 0 Å². The van der Waals surface area contributed by atoms with Crippen LogP contribution in [-0.4, -0.2) is 57.1 Å². The van der Waals surface area contributed by atoms with Gasteiger partial charge in [-0.25, -0.2) is 4.67 Å². The van der Waals surface area contributed by atoms with Crippen LogP contribution in [0.25, 0.3) is 0 Å². The van der Waals surface area contributed by atoms with Crippen LogP contribution in [-0.2, 0) is 13.8 Å². The van der Waals surface area contributed by atoms with Gasteiger partial charge in [-0.05, 0) is 33.1 Å². The van der Waals surface area contributed by atoms with E-state index in [-0.39, 0.29) is 15.9 Å². The highest BCUT2D eigenvalue weighted by Gasteiger charge is 2.28. The molecule has 0 radical (unpaired) electrons. The minimum Gasteiger partial charge on any atom is -0.382 e. The number of hydrogen-bond acceptors (Lipinski definition) is 7. The normalized spacial score (nSPS) is 15.5. The van der Waals surface area contributed by atoms with Gasteiger partial charge >= 0.3 is 0 Å². The fourth-order valence-corrected chi connectivity index (χ4v) is 5.66. The summed E-state index contributed by atoms with van der Waals surface area (Å²) in [5.74, 6) is 1.34. The maximum absolute atomic E-state index is 12.1. The van der Waals surface area contributed by atoms with Crippen molar-refractivity contribution in [3.63, 3.8) is 0 Å². The highest BCUT2D eigenvalue weighted by atomic mass is 32.2. The van der Waals surface area contributed by atoms with Crippen LogP contribution in [0, 0.1) is 10.8 Å². The zero-order valence-corrected chi connectivity index (χ0v) is 22.0. The number of thioether (sulfide) groups is 2. The van der Waals surface area contributed by atoms with Crippen molar-refractivity contribution in [3.05, 3.63) is 0 Å². The molecule has 8 heteroatoms. The summed E-state index contributed by atoms with van der Waals surface area (Å²) < 4.78 is 14.4. The molecule has 0 aromatic rings. The molecule has 0 aliphatic carbocycles. The van der Waals surface area contributed by atoms with Crippen LogP contribution < -0.4 is 0 Å². The standard InChI is InChI=1S/C20H42NO4PS2/c1-15(2)21(16(3)4)26(24-11-13-27-17(22)19(5,6)7)25-12-14-28-18(23)20(8,9)10/h15-17,22H,11-14H2,1-10H3. The van der Waals surface area contributed by atoms with Crippen molar-refractivity contribution in [1.29, 1.82) is 0 Å². The minimum absolute atomic E-state index is 0.148. The Kier molecular flexibility index (Phi) is 13.4. The molecule has 0 fully saturated rings. The van der Waals surface area contributed by atoms with Crippen molar-refractivity contribution in [1.82, 2.24) is 4.67 Å². The Labute approximate surface area is 183 Å². The molecule has 5 nitrogen and oxygen atoms in total. The summed E-state index contributed by atoms with van der Waals surface area (Å²) in [4.78, 5) is 12.1. The molecule has 0 bridgehead atoms. The Bertz CT molecular complexity index is 442. The lowest BCUT2D eigenvalue weighted by molar-refractivity contribution is -0.117. The van der Waals surface area contributed by atoms with Crippen molar-refractivity contribution in [2.24, 2.45) is 10.8 Å². The fourth-order valence-electron chi connectivity index (χ4n) is 2.14. The molecule has 2 atom stereocenters. The van der Waals surface area contributed by atoms with Gasteiger partial charge in [-0.2, -0.15) is 0 Å². The first-order valence-corrected chi connectivity index (χ1v) is 13.2. The molecular weight excluding hydrogens is 413 g/mol. The van der Waals surface area contributed by atoms with Crippen LogP contribution in [0.2, 0.25) is 0 Å². The summed E-state index contributed by atoms with van der Waals surface area (Å²) in [5.41, 5.74) is -0.904. The maximum atomic E-state index is 12.1. The predicted molar refractivity (Wildman–Crippen MR) is 126 cm³/mol. The lowest BCUT2D eigenvalue weighted by atomic mass is 9.98. The first kappa shape index (κ1) is 28.6. The van der Waals surface area contributed by atoms with Gasteiger partial charge in [0.15, 0.2) is 5.12 Å². The monoisotopic (exact) mass is 455 g/mol. The molecule has 168 valence electrons. The Morgan fingerprint density at radius 2 is 1.43 bits per heavy atom. The summed E-state index contributed by atoms with van der Waals surface area (Å²) in [7, 11) is -1.21.